The van der Waals surface area contributed by atoms with Crippen LogP contribution in [0.4, 0.5) is 5.69 Å². The number of rotatable bonds is 3. The zero-order chi connectivity index (χ0) is 13.9. The molecule has 3 aromatic rings. The van der Waals surface area contributed by atoms with Crippen molar-refractivity contribution in [1.29, 1.82) is 0 Å². The second kappa shape index (κ2) is 4.93. The van der Waals surface area contributed by atoms with E-state index in [1.54, 1.807) is 6.07 Å². The van der Waals surface area contributed by atoms with Crippen molar-refractivity contribution in [3.63, 3.8) is 0 Å². The molecule has 6 heteroatoms. The average Bonchev–Trinajstić information content (AvgIpc) is 2.48. The predicted molar refractivity (Wildman–Crippen MR) is 72.7 cm³/mol. The normalized spacial score (nSPS) is 10.4. The number of non-ortho nitro benzene ring substituents is 1. The minimum Gasteiger partial charge on any atom is -0.455 e. The van der Waals surface area contributed by atoms with Crippen LogP contribution in [0, 0.1) is 10.1 Å². The fraction of sp³-hybridized carbons (Fsp3) is 0. The molecule has 0 spiro atoms. The number of ether oxygens (including phenoxy) is 1. The summed E-state index contributed by atoms with van der Waals surface area (Å²) in [6.45, 7) is 0. The summed E-state index contributed by atoms with van der Waals surface area (Å²) in [5.41, 5.74) is 0.399. The van der Waals surface area contributed by atoms with Gasteiger partial charge in [-0.05, 0) is 18.2 Å². The first kappa shape index (κ1) is 12.0. The van der Waals surface area contributed by atoms with Crippen LogP contribution in [0.3, 0.4) is 0 Å². The molecular formula is C14H9N3O3. The molecule has 0 saturated heterocycles. The van der Waals surface area contributed by atoms with Gasteiger partial charge in [0.05, 0.1) is 11.1 Å². The van der Waals surface area contributed by atoms with Gasteiger partial charge in [0.15, 0.2) is 5.75 Å². The van der Waals surface area contributed by atoms with Crippen LogP contribution in [0.25, 0.3) is 10.9 Å². The van der Waals surface area contributed by atoms with E-state index in [1.807, 2.05) is 30.3 Å². The number of nitro benzene ring substituents is 1. The fourth-order valence-electron chi connectivity index (χ4n) is 1.83. The van der Waals surface area contributed by atoms with Crippen molar-refractivity contribution in [1.82, 2.24) is 10.2 Å². The van der Waals surface area contributed by atoms with Gasteiger partial charge in [-0.1, -0.05) is 18.2 Å². The third-order valence-corrected chi connectivity index (χ3v) is 2.77. The molecule has 3 rings (SSSR count). The molecule has 0 aliphatic heterocycles. The number of nitrogens with zero attached hydrogens (tertiary/aromatic N) is 3. The number of aromatic nitrogens is 2. The van der Waals surface area contributed by atoms with Crippen molar-refractivity contribution < 1.29 is 9.66 Å². The first-order chi connectivity index (χ1) is 9.74. The largest absolute Gasteiger partial charge is 0.455 e. The van der Waals surface area contributed by atoms with E-state index in [1.165, 1.54) is 18.3 Å². The summed E-state index contributed by atoms with van der Waals surface area (Å²) in [7, 11) is 0. The van der Waals surface area contributed by atoms with E-state index >= 15 is 0 Å². The molecule has 0 amide bonds. The van der Waals surface area contributed by atoms with Crippen LogP contribution < -0.4 is 4.74 Å². The van der Waals surface area contributed by atoms with Crippen molar-refractivity contribution in [2.24, 2.45) is 0 Å². The Hall–Kier alpha value is -3.02. The lowest BCUT2D eigenvalue weighted by Crippen LogP contribution is -1.92. The molecule has 1 heterocycles. The molecule has 0 radical (unpaired) electrons. The van der Waals surface area contributed by atoms with Crippen molar-refractivity contribution in [3.8, 4) is 11.5 Å². The molecule has 6 nitrogen and oxygen atoms in total. The Morgan fingerprint density at radius 3 is 2.65 bits per heavy atom. The van der Waals surface area contributed by atoms with Gasteiger partial charge in [0.1, 0.15) is 11.3 Å². The van der Waals surface area contributed by atoms with Gasteiger partial charge >= 0.3 is 0 Å². The minimum absolute atomic E-state index is 0.0244. The maximum atomic E-state index is 10.7. The zero-order valence-corrected chi connectivity index (χ0v) is 10.3. The number of benzene rings is 2. The molecule has 0 fully saturated rings. The highest BCUT2D eigenvalue weighted by Crippen LogP contribution is 2.29. The molecule has 0 bridgehead atoms. The van der Waals surface area contributed by atoms with Crippen molar-refractivity contribution in [3.05, 3.63) is 64.8 Å². The number of fused-ring (bicyclic) bond motifs is 1. The smallest absolute Gasteiger partial charge is 0.271 e. The first-order valence-corrected chi connectivity index (χ1v) is 5.87. The Kier molecular flexibility index (Phi) is 2.96. The minimum atomic E-state index is -0.466. The molecule has 0 aliphatic rings. The Bertz CT molecular complexity index is 775. The van der Waals surface area contributed by atoms with Gasteiger partial charge in [0.25, 0.3) is 5.69 Å². The molecular weight excluding hydrogens is 258 g/mol. The van der Waals surface area contributed by atoms with E-state index in [4.69, 9.17) is 4.74 Å². The maximum absolute atomic E-state index is 10.7. The number of hydrogen-bond acceptors (Lipinski definition) is 5. The molecule has 0 N–H and O–H groups in total. The lowest BCUT2D eigenvalue weighted by molar-refractivity contribution is -0.384. The Labute approximate surface area is 113 Å². The number of para-hydroxylation sites is 1. The summed E-state index contributed by atoms with van der Waals surface area (Å²) >= 11 is 0. The van der Waals surface area contributed by atoms with Crippen LogP contribution in [0.1, 0.15) is 0 Å². The Balaban J connectivity index is 2.06. The van der Waals surface area contributed by atoms with Crippen LogP contribution >= 0.6 is 0 Å². The monoisotopic (exact) mass is 267 g/mol. The van der Waals surface area contributed by atoms with Gasteiger partial charge in [-0.25, -0.2) is 0 Å². The SMILES string of the molecule is O=[N+]([O-])c1ccc2c(Oc3ccccc3)cnnc2c1. The molecule has 20 heavy (non-hydrogen) atoms. The third kappa shape index (κ3) is 2.26. The predicted octanol–water partition coefficient (Wildman–Crippen LogP) is 3.33. The standard InChI is InChI=1S/C14H9N3O3/c18-17(19)10-6-7-12-13(8-10)16-15-9-14(12)20-11-4-2-1-3-5-11/h1-9H. The van der Waals surface area contributed by atoms with Gasteiger partial charge in [-0.3, -0.25) is 10.1 Å². The summed E-state index contributed by atoms with van der Waals surface area (Å²) in [6, 6.07) is 13.6. The summed E-state index contributed by atoms with van der Waals surface area (Å²) < 4.78 is 5.72. The highest BCUT2D eigenvalue weighted by molar-refractivity contribution is 5.86. The highest BCUT2D eigenvalue weighted by Gasteiger charge is 2.11. The van der Waals surface area contributed by atoms with E-state index in [-0.39, 0.29) is 5.69 Å². The topological polar surface area (TPSA) is 78.2 Å². The Morgan fingerprint density at radius 2 is 1.90 bits per heavy atom. The van der Waals surface area contributed by atoms with Crippen LogP contribution in [0.2, 0.25) is 0 Å². The highest BCUT2D eigenvalue weighted by atomic mass is 16.6. The van der Waals surface area contributed by atoms with Crippen LogP contribution in [-0.4, -0.2) is 15.1 Å². The van der Waals surface area contributed by atoms with E-state index in [0.717, 1.165) is 0 Å². The molecule has 0 unspecified atom stereocenters. The molecule has 98 valence electrons. The van der Waals surface area contributed by atoms with E-state index in [2.05, 4.69) is 10.2 Å². The Morgan fingerprint density at radius 1 is 1.10 bits per heavy atom. The van der Waals surface area contributed by atoms with Gasteiger partial charge < -0.3 is 4.74 Å². The van der Waals surface area contributed by atoms with Crippen molar-refractivity contribution in [2.75, 3.05) is 0 Å². The molecule has 2 aromatic carbocycles. The number of hydrogen-bond donors (Lipinski definition) is 0. The third-order valence-electron chi connectivity index (χ3n) is 2.77. The van der Waals surface area contributed by atoms with Gasteiger partial charge in [0, 0.05) is 17.5 Å². The summed E-state index contributed by atoms with van der Waals surface area (Å²) in [6.07, 6.45) is 1.49. The molecule has 0 atom stereocenters. The second-order valence-corrected chi connectivity index (χ2v) is 4.08. The maximum Gasteiger partial charge on any atom is 0.271 e. The summed E-state index contributed by atoms with van der Waals surface area (Å²) in [5, 5.41) is 19.1. The van der Waals surface area contributed by atoms with Crippen LogP contribution in [0.15, 0.2) is 54.7 Å². The second-order valence-electron chi connectivity index (χ2n) is 4.08. The van der Waals surface area contributed by atoms with Crippen LogP contribution in [0.5, 0.6) is 11.5 Å². The molecule has 1 aromatic heterocycles. The van der Waals surface area contributed by atoms with Crippen molar-refractivity contribution >= 4 is 16.6 Å². The molecule has 0 aliphatic carbocycles. The van der Waals surface area contributed by atoms with Crippen molar-refractivity contribution in [2.45, 2.75) is 0 Å². The van der Waals surface area contributed by atoms with Gasteiger partial charge in [-0.15, -0.1) is 5.10 Å². The quantitative estimate of drug-likeness (QED) is 0.537. The summed E-state index contributed by atoms with van der Waals surface area (Å²) in [4.78, 5) is 10.3. The van der Waals surface area contributed by atoms with E-state index < -0.39 is 4.92 Å². The average molecular weight is 267 g/mol. The van der Waals surface area contributed by atoms with Gasteiger partial charge in [0.2, 0.25) is 0 Å². The number of nitro groups is 1. The van der Waals surface area contributed by atoms with Crippen LogP contribution in [-0.2, 0) is 0 Å². The van der Waals surface area contributed by atoms with Gasteiger partial charge in [-0.2, -0.15) is 5.10 Å². The lowest BCUT2D eigenvalue weighted by atomic mass is 10.2. The lowest BCUT2D eigenvalue weighted by Gasteiger charge is -2.07. The zero-order valence-electron chi connectivity index (χ0n) is 10.3. The van der Waals surface area contributed by atoms with E-state index in [9.17, 15) is 10.1 Å². The summed E-state index contributed by atoms with van der Waals surface area (Å²) in [5.74, 6) is 1.18. The first-order valence-electron chi connectivity index (χ1n) is 5.87. The molecule has 0 saturated carbocycles. The van der Waals surface area contributed by atoms with E-state index in [0.29, 0.717) is 22.4 Å². The fourth-order valence-corrected chi connectivity index (χ4v) is 1.83.